The van der Waals surface area contributed by atoms with E-state index in [0.29, 0.717) is 5.75 Å². The molecule has 3 nitrogen and oxygen atoms in total. The number of rotatable bonds is 5. The minimum Gasteiger partial charge on any atom is -0.494 e. The monoisotopic (exact) mass is 302 g/mol. The van der Waals surface area contributed by atoms with Crippen LogP contribution >= 0.6 is 34.9 Å². The summed E-state index contributed by atoms with van der Waals surface area (Å²) in [5.74, 6) is 0.603. The fourth-order valence-electron chi connectivity index (χ4n) is 1.28. The highest BCUT2D eigenvalue weighted by Crippen LogP contribution is 2.30. The minimum atomic E-state index is -0.335. The molecule has 1 aromatic heterocycles. The van der Waals surface area contributed by atoms with Crippen molar-refractivity contribution < 1.29 is 9.13 Å². The zero-order chi connectivity index (χ0) is 13.0. The molecular weight excluding hydrogens is 291 g/mol. The average molecular weight is 302 g/mol. The Bertz CT molecular complexity index is 533. The minimum absolute atomic E-state index is 0.268. The number of halogens is 1. The lowest BCUT2D eigenvalue weighted by molar-refractivity contribution is 0.386. The van der Waals surface area contributed by atoms with Gasteiger partial charge in [0, 0.05) is 5.75 Å². The van der Waals surface area contributed by atoms with E-state index in [1.54, 1.807) is 40.9 Å². The molecule has 2 aromatic rings. The number of thioether (sulfide) groups is 2. The molecule has 0 saturated heterocycles. The van der Waals surface area contributed by atoms with Gasteiger partial charge in [0.2, 0.25) is 0 Å². The molecule has 0 N–H and O–H groups in total. The van der Waals surface area contributed by atoms with Crippen molar-refractivity contribution in [1.29, 1.82) is 0 Å². The fourth-order valence-corrected chi connectivity index (χ4v) is 3.66. The lowest BCUT2D eigenvalue weighted by Gasteiger charge is -2.03. The first kappa shape index (κ1) is 13.6. The molecule has 0 aliphatic rings. The molecule has 0 aliphatic carbocycles. The average Bonchev–Trinajstić information content (AvgIpc) is 2.84. The van der Waals surface area contributed by atoms with Crippen LogP contribution in [0, 0.1) is 5.82 Å². The Hall–Kier alpha value is -0.790. The quantitative estimate of drug-likeness (QED) is 0.787. The van der Waals surface area contributed by atoms with Crippen molar-refractivity contribution in [3.8, 4) is 5.75 Å². The number of hydrogen-bond acceptors (Lipinski definition) is 6. The predicted octanol–water partition coefficient (Wildman–Crippen LogP) is 3.70. The van der Waals surface area contributed by atoms with E-state index in [1.807, 2.05) is 12.3 Å². The van der Waals surface area contributed by atoms with Crippen molar-refractivity contribution in [3.63, 3.8) is 0 Å². The first-order valence-electron chi connectivity index (χ1n) is 5.05. The van der Waals surface area contributed by atoms with Crippen molar-refractivity contribution in [1.82, 2.24) is 10.2 Å². The third-order valence-electron chi connectivity index (χ3n) is 2.14. The molecule has 0 saturated carbocycles. The van der Waals surface area contributed by atoms with Gasteiger partial charge in [-0.25, -0.2) is 4.39 Å². The van der Waals surface area contributed by atoms with Crippen molar-refractivity contribution in [2.24, 2.45) is 0 Å². The molecule has 96 valence electrons. The van der Waals surface area contributed by atoms with Gasteiger partial charge in [-0.3, -0.25) is 0 Å². The number of ether oxygens (including phenoxy) is 1. The van der Waals surface area contributed by atoms with Gasteiger partial charge < -0.3 is 4.74 Å². The highest BCUT2D eigenvalue weighted by atomic mass is 32.2. The molecule has 0 bridgehead atoms. The third-order valence-corrected chi connectivity index (χ3v) is 5.24. The van der Waals surface area contributed by atoms with E-state index in [4.69, 9.17) is 4.74 Å². The van der Waals surface area contributed by atoms with Crippen LogP contribution in [0.5, 0.6) is 5.75 Å². The molecule has 0 unspecified atom stereocenters. The summed E-state index contributed by atoms with van der Waals surface area (Å²) in [5, 5.41) is 8.06. The molecule has 0 amide bonds. The van der Waals surface area contributed by atoms with Crippen LogP contribution in [0.15, 0.2) is 26.9 Å². The molecular formula is C11H11FN2OS3. The molecule has 0 aliphatic heterocycles. The summed E-state index contributed by atoms with van der Waals surface area (Å²) in [6.45, 7) is 0. The molecule has 1 aromatic carbocycles. The molecule has 0 atom stereocenters. The first-order chi connectivity index (χ1) is 8.72. The second kappa shape index (κ2) is 6.40. The number of benzene rings is 1. The Morgan fingerprint density at radius 2 is 2.11 bits per heavy atom. The van der Waals surface area contributed by atoms with E-state index in [2.05, 4.69) is 10.2 Å². The van der Waals surface area contributed by atoms with Crippen LogP contribution < -0.4 is 4.74 Å². The Morgan fingerprint density at radius 3 is 2.72 bits per heavy atom. The van der Waals surface area contributed by atoms with E-state index in [0.717, 1.165) is 14.2 Å². The van der Waals surface area contributed by atoms with Crippen molar-refractivity contribution in [3.05, 3.63) is 29.6 Å². The summed E-state index contributed by atoms with van der Waals surface area (Å²) < 4.78 is 20.2. The Morgan fingerprint density at radius 1 is 1.33 bits per heavy atom. The summed E-state index contributed by atoms with van der Waals surface area (Å²) in [6.07, 6.45) is 1.97. The smallest absolute Gasteiger partial charge is 0.175 e. The van der Waals surface area contributed by atoms with E-state index in [9.17, 15) is 4.39 Å². The zero-order valence-electron chi connectivity index (χ0n) is 9.84. The Kier molecular flexibility index (Phi) is 4.85. The summed E-state index contributed by atoms with van der Waals surface area (Å²) in [5.41, 5.74) is 0.902. The van der Waals surface area contributed by atoms with Crippen LogP contribution in [0.3, 0.4) is 0 Å². The second-order valence-electron chi connectivity index (χ2n) is 3.30. The number of nitrogens with zero attached hydrogens (tertiary/aromatic N) is 2. The van der Waals surface area contributed by atoms with Crippen LogP contribution in [0.1, 0.15) is 5.56 Å². The van der Waals surface area contributed by atoms with Gasteiger partial charge in [-0.05, 0) is 24.0 Å². The zero-order valence-corrected chi connectivity index (χ0v) is 12.3. The standard InChI is InChI=1S/C11H11FN2OS3/c1-15-9-4-3-7(5-8(9)12)6-17-11-14-13-10(16-2)18-11/h3-5H,6H2,1-2H3. The van der Waals surface area contributed by atoms with Crippen LogP contribution in [0.25, 0.3) is 0 Å². The highest BCUT2D eigenvalue weighted by Gasteiger charge is 2.07. The number of hydrogen-bond donors (Lipinski definition) is 0. The third kappa shape index (κ3) is 3.37. The van der Waals surface area contributed by atoms with Gasteiger partial charge in [0.05, 0.1) is 7.11 Å². The largest absolute Gasteiger partial charge is 0.494 e. The van der Waals surface area contributed by atoms with Crippen LogP contribution in [-0.2, 0) is 5.75 Å². The SMILES string of the molecule is COc1ccc(CSc2nnc(SC)s2)cc1F. The normalized spacial score (nSPS) is 10.6. The van der Waals surface area contributed by atoms with E-state index in [-0.39, 0.29) is 11.6 Å². The van der Waals surface area contributed by atoms with Gasteiger partial charge in [0.15, 0.2) is 20.2 Å². The maximum absolute atomic E-state index is 13.5. The topological polar surface area (TPSA) is 35.0 Å². The van der Waals surface area contributed by atoms with Crippen LogP contribution in [0.4, 0.5) is 4.39 Å². The van der Waals surface area contributed by atoms with Gasteiger partial charge in [-0.15, -0.1) is 10.2 Å². The number of methoxy groups -OCH3 is 1. The first-order valence-corrected chi connectivity index (χ1v) is 8.08. The highest BCUT2D eigenvalue weighted by molar-refractivity contribution is 8.02. The predicted molar refractivity (Wildman–Crippen MR) is 74.2 cm³/mol. The van der Waals surface area contributed by atoms with Gasteiger partial charge >= 0.3 is 0 Å². The van der Waals surface area contributed by atoms with E-state index >= 15 is 0 Å². The summed E-state index contributed by atoms with van der Waals surface area (Å²) in [4.78, 5) is 0. The maximum Gasteiger partial charge on any atom is 0.175 e. The maximum atomic E-state index is 13.5. The van der Waals surface area contributed by atoms with Gasteiger partial charge in [-0.1, -0.05) is 40.9 Å². The van der Waals surface area contributed by atoms with Gasteiger partial charge in [0.1, 0.15) is 0 Å². The molecule has 0 radical (unpaired) electrons. The fraction of sp³-hybridized carbons (Fsp3) is 0.273. The van der Waals surface area contributed by atoms with E-state index in [1.165, 1.54) is 13.2 Å². The molecule has 1 heterocycles. The number of aromatic nitrogens is 2. The lowest BCUT2D eigenvalue weighted by Crippen LogP contribution is -1.89. The van der Waals surface area contributed by atoms with Gasteiger partial charge in [0.25, 0.3) is 0 Å². The Labute approximate surface area is 117 Å². The van der Waals surface area contributed by atoms with Crippen molar-refractivity contribution >= 4 is 34.9 Å². The molecule has 0 spiro atoms. The molecule has 18 heavy (non-hydrogen) atoms. The van der Waals surface area contributed by atoms with Crippen molar-refractivity contribution in [2.45, 2.75) is 14.4 Å². The Balaban J connectivity index is 1.99. The molecule has 0 fully saturated rings. The van der Waals surface area contributed by atoms with Crippen LogP contribution in [0.2, 0.25) is 0 Å². The summed E-state index contributed by atoms with van der Waals surface area (Å²) in [7, 11) is 1.46. The molecule has 7 heteroatoms. The van der Waals surface area contributed by atoms with Crippen LogP contribution in [-0.4, -0.2) is 23.6 Å². The lowest BCUT2D eigenvalue weighted by atomic mass is 10.2. The van der Waals surface area contributed by atoms with Crippen molar-refractivity contribution in [2.75, 3.05) is 13.4 Å². The van der Waals surface area contributed by atoms with E-state index < -0.39 is 0 Å². The van der Waals surface area contributed by atoms with Gasteiger partial charge in [-0.2, -0.15) is 0 Å². The molecule has 2 rings (SSSR count). The summed E-state index contributed by atoms with van der Waals surface area (Å²) >= 11 is 4.68. The summed E-state index contributed by atoms with van der Waals surface area (Å²) in [6, 6.07) is 4.98. The second-order valence-corrected chi connectivity index (χ2v) is 6.55.